The topological polar surface area (TPSA) is 85.3 Å². The Hall–Kier alpha value is -3.90. The number of amidine groups is 1. The fraction of sp³-hybridized carbons (Fsp3) is 0.179. The molecule has 0 bridgehead atoms. The van der Waals surface area contributed by atoms with E-state index in [9.17, 15) is 9.59 Å². The Kier molecular flexibility index (Phi) is 7.63. The normalized spacial score (nSPS) is 13.1. The SMILES string of the molecule is C=Cc1ccc(NC(=O)c2cc(Cl)ccc2NC(=O)c2ccc(C(=N)N3CCCCC3)cc2)cc1. The minimum atomic E-state index is -0.389. The molecule has 1 fully saturated rings. The molecule has 1 heterocycles. The number of nitrogens with zero attached hydrogens (tertiary/aromatic N) is 1. The third-order valence-electron chi connectivity index (χ3n) is 5.97. The van der Waals surface area contributed by atoms with Crippen LogP contribution in [0.1, 0.15) is 51.1 Å². The van der Waals surface area contributed by atoms with E-state index in [1.54, 1.807) is 54.6 Å². The Bertz CT molecular complexity index is 1250. The van der Waals surface area contributed by atoms with Crippen LogP contribution in [0.15, 0.2) is 73.3 Å². The fourth-order valence-corrected chi connectivity index (χ4v) is 4.16. The molecule has 3 aromatic rings. The molecule has 0 saturated carbocycles. The average Bonchev–Trinajstić information content (AvgIpc) is 2.90. The Balaban J connectivity index is 1.47. The predicted octanol–water partition coefficient (Wildman–Crippen LogP) is 6.30. The monoisotopic (exact) mass is 486 g/mol. The maximum atomic E-state index is 13.0. The van der Waals surface area contributed by atoms with Crippen LogP contribution in [0.5, 0.6) is 0 Å². The first-order chi connectivity index (χ1) is 16.9. The van der Waals surface area contributed by atoms with Crippen LogP contribution >= 0.6 is 11.6 Å². The lowest BCUT2D eigenvalue weighted by molar-refractivity contribution is 0.102. The Labute approximate surface area is 210 Å². The smallest absolute Gasteiger partial charge is 0.257 e. The number of halogens is 1. The molecule has 3 N–H and O–H groups in total. The number of benzene rings is 3. The number of likely N-dealkylation sites (tertiary alicyclic amines) is 1. The van der Waals surface area contributed by atoms with Crippen LogP contribution in [0.2, 0.25) is 5.02 Å². The van der Waals surface area contributed by atoms with E-state index in [-0.39, 0.29) is 17.4 Å². The van der Waals surface area contributed by atoms with Gasteiger partial charge in [-0.15, -0.1) is 0 Å². The molecule has 0 atom stereocenters. The molecule has 6 nitrogen and oxygen atoms in total. The summed E-state index contributed by atoms with van der Waals surface area (Å²) in [6.45, 7) is 5.50. The third kappa shape index (κ3) is 5.97. The molecule has 1 aliphatic heterocycles. The van der Waals surface area contributed by atoms with Gasteiger partial charge in [0.05, 0.1) is 11.3 Å². The molecule has 1 saturated heterocycles. The van der Waals surface area contributed by atoms with E-state index in [0.717, 1.165) is 37.1 Å². The maximum absolute atomic E-state index is 13.0. The maximum Gasteiger partial charge on any atom is 0.257 e. The van der Waals surface area contributed by atoms with Crippen LogP contribution in [-0.2, 0) is 0 Å². The highest BCUT2D eigenvalue weighted by molar-refractivity contribution is 6.31. The van der Waals surface area contributed by atoms with Gasteiger partial charge in [0.1, 0.15) is 5.84 Å². The number of nitrogens with one attached hydrogen (secondary N) is 3. The van der Waals surface area contributed by atoms with Crippen molar-refractivity contribution in [3.63, 3.8) is 0 Å². The van der Waals surface area contributed by atoms with Crippen LogP contribution in [0.4, 0.5) is 11.4 Å². The van der Waals surface area contributed by atoms with Gasteiger partial charge in [-0.1, -0.05) is 48.5 Å². The Morgan fingerprint density at radius 2 is 1.51 bits per heavy atom. The standard InChI is InChI=1S/C28H27ClN4O2/c1-2-19-6-13-23(14-7-19)31-28(35)24-18-22(29)12-15-25(24)32-27(34)21-10-8-20(9-11-21)26(30)33-16-4-3-5-17-33/h2,6-15,18,30H,1,3-5,16-17H2,(H,31,35)(H,32,34). The van der Waals surface area contributed by atoms with Gasteiger partial charge < -0.3 is 15.5 Å². The van der Waals surface area contributed by atoms with Crippen molar-refractivity contribution in [2.75, 3.05) is 23.7 Å². The number of rotatable bonds is 6. The van der Waals surface area contributed by atoms with Gasteiger partial charge in [-0.05, 0) is 67.3 Å². The summed E-state index contributed by atoms with van der Waals surface area (Å²) in [6, 6.07) is 19.0. The third-order valence-corrected chi connectivity index (χ3v) is 6.21. The van der Waals surface area contributed by atoms with Gasteiger partial charge in [-0.2, -0.15) is 0 Å². The van der Waals surface area contributed by atoms with Gasteiger partial charge in [0.2, 0.25) is 0 Å². The minimum Gasteiger partial charge on any atom is -0.357 e. The molecule has 0 aliphatic carbocycles. The summed E-state index contributed by atoms with van der Waals surface area (Å²) in [5, 5.41) is 14.5. The first-order valence-electron chi connectivity index (χ1n) is 11.5. The molecule has 3 aromatic carbocycles. The van der Waals surface area contributed by atoms with E-state index in [2.05, 4.69) is 22.1 Å². The van der Waals surface area contributed by atoms with Gasteiger partial charge in [0.15, 0.2) is 0 Å². The number of piperidine rings is 1. The Morgan fingerprint density at radius 1 is 0.857 bits per heavy atom. The van der Waals surface area contributed by atoms with Crippen molar-refractivity contribution in [3.05, 3.63) is 101 Å². The fourth-order valence-electron chi connectivity index (χ4n) is 3.99. The highest BCUT2D eigenvalue weighted by Crippen LogP contribution is 2.23. The van der Waals surface area contributed by atoms with E-state index >= 15 is 0 Å². The summed E-state index contributed by atoms with van der Waals surface area (Å²) in [5.74, 6) is -0.262. The lowest BCUT2D eigenvalue weighted by Crippen LogP contribution is -2.35. The molecule has 35 heavy (non-hydrogen) atoms. The average molecular weight is 487 g/mol. The molecule has 1 aliphatic rings. The highest BCUT2D eigenvalue weighted by atomic mass is 35.5. The number of hydrogen-bond acceptors (Lipinski definition) is 3. The molecular formula is C28H27ClN4O2. The number of hydrogen-bond donors (Lipinski definition) is 3. The van der Waals surface area contributed by atoms with Crippen molar-refractivity contribution < 1.29 is 9.59 Å². The van der Waals surface area contributed by atoms with Crippen LogP contribution < -0.4 is 10.6 Å². The van der Waals surface area contributed by atoms with Crippen LogP contribution in [0.3, 0.4) is 0 Å². The number of carbonyl (C=O) groups is 2. The molecule has 0 radical (unpaired) electrons. The first kappa shape index (κ1) is 24.2. The molecule has 0 aromatic heterocycles. The second kappa shape index (κ2) is 11.0. The van der Waals surface area contributed by atoms with Crippen molar-refractivity contribution in [2.45, 2.75) is 19.3 Å². The summed E-state index contributed by atoms with van der Waals surface area (Å²) < 4.78 is 0. The van der Waals surface area contributed by atoms with Gasteiger partial charge in [0, 0.05) is 34.9 Å². The van der Waals surface area contributed by atoms with Crippen LogP contribution in [-0.4, -0.2) is 35.6 Å². The number of anilines is 2. The van der Waals surface area contributed by atoms with E-state index < -0.39 is 0 Å². The van der Waals surface area contributed by atoms with Crippen molar-refractivity contribution in [1.82, 2.24) is 4.90 Å². The van der Waals surface area contributed by atoms with Crippen molar-refractivity contribution in [1.29, 1.82) is 5.41 Å². The number of carbonyl (C=O) groups excluding carboxylic acids is 2. The zero-order valence-electron chi connectivity index (χ0n) is 19.3. The zero-order valence-corrected chi connectivity index (χ0v) is 20.1. The predicted molar refractivity (Wildman–Crippen MR) is 143 cm³/mol. The van der Waals surface area contributed by atoms with E-state index in [0.29, 0.717) is 27.8 Å². The molecular weight excluding hydrogens is 460 g/mol. The lowest BCUT2D eigenvalue weighted by Gasteiger charge is -2.29. The second-order valence-corrected chi connectivity index (χ2v) is 8.83. The zero-order chi connectivity index (χ0) is 24.8. The van der Waals surface area contributed by atoms with Gasteiger partial charge in [-0.3, -0.25) is 15.0 Å². The minimum absolute atomic E-state index is 0.252. The molecule has 178 valence electrons. The summed E-state index contributed by atoms with van der Waals surface area (Å²) in [6.07, 6.45) is 5.12. The van der Waals surface area contributed by atoms with Crippen molar-refractivity contribution in [2.24, 2.45) is 0 Å². The lowest BCUT2D eigenvalue weighted by atomic mass is 10.1. The molecule has 7 heteroatoms. The van der Waals surface area contributed by atoms with Crippen LogP contribution in [0, 0.1) is 5.41 Å². The van der Waals surface area contributed by atoms with Crippen LogP contribution in [0.25, 0.3) is 6.08 Å². The molecule has 0 spiro atoms. The Morgan fingerprint density at radius 3 is 2.17 bits per heavy atom. The van der Waals surface area contributed by atoms with Crippen molar-refractivity contribution in [3.8, 4) is 0 Å². The molecule has 0 unspecified atom stereocenters. The van der Waals surface area contributed by atoms with Gasteiger partial charge in [-0.25, -0.2) is 0 Å². The molecule has 4 rings (SSSR count). The quantitative estimate of drug-likeness (QED) is 0.282. The van der Waals surface area contributed by atoms with E-state index in [1.165, 1.54) is 12.5 Å². The van der Waals surface area contributed by atoms with Crippen molar-refractivity contribution >= 4 is 46.7 Å². The summed E-state index contributed by atoms with van der Waals surface area (Å²) in [5.41, 5.74) is 3.37. The summed E-state index contributed by atoms with van der Waals surface area (Å²) in [4.78, 5) is 28.0. The number of amides is 2. The molecule has 2 amide bonds. The van der Waals surface area contributed by atoms with E-state index in [4.69, 9.17) is 17.0 Å². The summed E-state index contributed by atoms with van der Waals surface area (Å²) >= 11 is 6.14. The largest absolute Gasteiger partial charge is 0.357 e. The van der Waals surface area contributed by atoms with E-state index in [1.807, 2.05) is 12.1 Å². The second-order valence-electron chi connectivity index (χ2n) is 8.40. The summed E-state index contributed by atoms with van der Waals surface area (Å²) in [7, 11) is 0. The highest BCUT2D eigenvalue weighted by Gasteiger charge is 2.18. The van der Waals surface area contributed by atoms with Gasteiger partial charge >= 0.3 is 0 Å². The van der Waals surface area contributed by atoms with Gasteiger partial charge in [0.25, 0.3) is 11.8 Å². The first-order valence-corrected chi connectivity index (χ1v) is 11.9.